The number of benzene rings is 3. The van der Waals surface area contributed by atoms with Gasteiger partial charge in [0.2, 0.25) is 5.91 Å². The number of thioether (sulfide) groups is 1. The third kappa shape index (κ3) is 6.66. The van der Waals surface area contributed by atoms with Crippen molar-refractivity contribution in [2.45, 2.75) is 9.79 Å². The Hall–Kier alpha value is -3.90. The number of ether oxygens (including phenoxy) is 2. The highest BCUT2D eigenvalue weighted by molar-refractivity contribution is 7.98. The van der Waals surface area contributed by atoms with Gasteiger partial charge in [0.1, 0.15) is 12.4 Å². The van der Waals surface area contributed by atoms with Gasteiger partial charge in [-0.15, -0.1) is 11.8 Å². The van der Waals surface area contributed by atoms with E-state index in [1.165, 1.54) is 54.2 Å². The monoisotopic (exact) mass is 546 g/mol. The minimum absolute atomic E-state index is 0.0224. The number of sulfonamides is 1. The molecule has 0 aliphatic heterocycles. The summed E-state index contributed by atoms with van der Waals surface area (Å²) in [4.78, 5) is 37.8. The molecular formula is C25H23FN2O7S2. The van der Waals surface area contributed by atoms with Crippen molar-refractivity contribution in [3.63, 3.8) is 0 Å². The summed E-state index contributed by atoms with van der Waals surface area (Å²) in [6, 6.07) is 14.6. The van der Waals surface area contributed by atoms with Crippen molar-refractivity contribution in [3.8, 4) is 0 Å². The number of esters is 2. The molecule has 0 bridgehead atoms. The Bertz CT molecular complexity index is 1390. The second-order valence-electron chi connectivity index (χ2n) is 7.50. The summed E-state index contributed by atoms with van der Waals surface area (Å²) in [5.74, 6) is -3.03. The third-order valence-corrected chi connectivity index (χ3v) is 7.62. The molecule has 0 saturated carbocycles. The molecule has 0 unspecified atom stereocenters. The van der Waals surface area contributed by atoms with E-state index in [0.29, 0.717) is 0 Å². The summed E-state index contributed by atoms with van der Waals surface area (Å²) < 4.78 is 51.1. The van der Waals surface area contributed by atoms with Crippen LogP contribution in [0.4, 0.5) is 15.8 Å². The molecule has 1 amide bonds. The number of hydrogen-bond donors (Lipinski definition) is 1. The summed E-state index contributed by atoms with van der Waals surface area (Å²) in [6.07, 6.45) is 1.84. The molecule has 3 aromatic rings. The summed E-state index contributed by atoms with van der Waals surface area (Å²) in [6.45, 7) is -0.730. The Morgan fingerprint density at radius 3 is 2.03 bits per heavy atom. The van der Waals surface area contributed by atoms with Crippen molar-refractivity contribution in [2.75, 3.05) is 36.6 Å². The van der Waals surface area contributed by atoms with Crippen LogP contribution < -0.4 is 9.62 Å². The lowest BCUT2D eigenvalue weighted by Gasteiger charge is -2.24. The maximum absolute atomic E-state index is 14.0. The lowest BCUT2D eigenvalue weighted by Crippen LogP contribution is -2.38. The fourth-order valence-electron chi connectivity index (χ4n) is 3.32. The molecule has 12 heteroatoms. The zero-order chi connectivity index (χ0) is 27.2. The lowest BCUT2D eigenvalue weighted by molar-refractivity contribution is -0.114. The zero-order valence-electron chi connectivity index (χ0n) is 20.1. The molecule has 194 valence electrons. The van der Waals surface area contributed by atoms with Gasteiger partial charge in [0.05, 0.1) is 35.9 Å². The van der Waals surface area contributed by atoms with Gasteiger partial charge in [0.15, 0.2) is 0 Å². The molecule has 0 saturated heterocycles. The lowest BCUT2D eigenvalue weighted by atomic mass is 10.1. The smallest absolute Gasteiger partial charge is 0.337 e. The van der Waals surface area contributed by atoms with Gasteiger partial charge < -0.3 is 14.8 Å². The number of halogens is 1. The molecule has 0 atom stereocenters. The molecule has 0 fully saturated rings. The van der Waals surface area contributed by atoms with Crippen LogP contribution in [0.5, 0.6) is 0 Å². The van der Waals surface area contributed by atoms with E-state index in [-0.39, 0.29) is 27.4 Å². The first-order valence-electron chi connectivity index (χ1n) is 10.6. The van der Waals surface area contributed by atoms with Crippen LogP contribution >= 0.6 is 11.8 Å². The highest BCUT2D eigenvalue weighted by Crippen LogP contribution is 2.26. The fourth-order valence-corrected chi connectivity index (χ4v) is 5.14. The molecule has 3 rings (SSSR count). The van der Waals surface area contributed by atoms with Crippen molar-refractivity contribution in [2.24, 2.45) is 0 Å². The standard InChI is InChI=1S/C25H23FN2O7S2/c1-34-24(30)16-11-17(25(31)35-2)13-19(12-16)27-23(29)15-28(20-6-4-5-18(26)14-20)37(32,33)22-9-7-21(36-3)8-10-22/h4-14H,15H2,1-3H3,(H,27,29). The van der Waals surface area contributed by atoms with Crippen LogP contribution in [0.15, 0.2) is 76.5 Å². The molecule has 0 aromatic heterocycles. The number of rotatable bonds is 9. The second-order valence-corrected chi connectivity index (χ2v) is 10.2. The predicted molar refractivity (Wildman–Crippen MR) is 137 cm³/mol. The van der Waals surface area contributed by atoms with Gasteiger partial charge in [-0.1, -0.05) is 6.07 Å². The summed E-state index contributed by atoms with van der Waals surface area (Å²) in [7, 11) is -1.98. The van der Waals surface area contributed by atoms with Crippen LogP contribution in [0, 0.1) is 5.82 Å². The molecule has 3 aromatic carbocycles. The van der Waals surface area contributed by atoms with Gasteiger partial charge in [0, 0.05) is 10.6 Å². The molecule has 1 N–H and O–H groups in total. The number of methoxy groups -OCH3 is 2. The van der Waals surface area contributed by atoms with E-state index in [0.717, 1.165) is 35.6 Å². The van der Waals surface area contributed by atoms with Crippen LogP contribution in [-0.4, -0.2) is 53.3 Å². The molecule has 0 heterocycles. The minimum atomic E-state index is -4.29. The number of nitrogens with zero attached hydrogens (tertiary/aromatic N) is 1. The van der Waals surface area contributed by atoms with Crippen LogP contribution in [0.2, 0.25) is 0 Å². The summed E-state index contributed by atoms with van der Waals surface area (Å²) in [5.41, 5.74) is -0.120. The Balaban J connectivity index is 1.98. The molecule has 0 radical (unpaired) electrons. The second kappa shape index (κ2) is 11.9. The fraction of sp³-hybridized carbons (Fsp3) is 0.160. The molecule has 9 nitrogen and oxygen atoms in total. The first-order chi connectivity index (χ1) is 17.6. The Kier molecular flexibility index (Phi) is 8.90. The largest absolute Gasteiger partial charge is 0.465 e. The molecule has 0 spiro atoms. The van der Waals surface area contributed by atoms with Crippen molar-refractivity contribution < 1.29 is 36.7 Å². The predicted octanol–water partition coefficient (Wildman–Crippen LogP) is 3.95. The summed E-state index contributed by atoms with van der Waals surface area (Å²) >= 11 is 1.43. The maximum Gasteiger partial charge on any atom is 0.337 e. The summed E-state index contributed by atoms with van der Waals surface area (Å²) in [5, 5.41) is 2.48. The number of carbonyl (C=O) groups excluding carboxylic acids is 3. The van der Waals surface area contributed by atoms with Crippen molar-refractivity contribution in [1.82, 2.24) is 0 Å². The van der Waals surface area contributed by atoms with E-state index >= 15 is 0 Å². The SMILES string of the molecule is COC(=O)c1cc(NC(=O)CN(c2cccc(F)c2)S(=O)(=O)c2ccc(SC)cc2)cc(C(=O)OC)c1. The van der Waals surface area contributed by atoms with E-state index < -0.39 is 40.2 Å². The number of carbonyl (C=O) groups is 3. The van der Waals surface area contributed by atoms with E-state index in [4.69, 9.17) is 0 Å². The third-order valence-electron chi connectivity index (χ3n) is 5.09. The van der Waals surface area contributed by atoms with Crippen LogP contribution in [0.1, 0.15) is 20.7 Å². The Morgan fingerprint density at radius 1 is 0.919 bits per heavy atom. The first-order valence-corrected chi connectivity index (χ1v) is 13.3. The van der Waals surface area contributed by atoms with E-state index in [9.17, 15) is 27.2 Å². The van der Waals surface area contributed by atoms with Crippen molar-refractivity contribution in [3.05, 3.63) is 83.7 Å². The Morgan fingerprint density at radius 2 is 1.51 bits per heavy atom. The van der Waals surface area contributed by atoms with Gasteiger partial charge in [-0.25, -0.2) is 22.4 Å². The average molecular weight is 547 g/mol. The van der Waals surface area contributed by atoms with E-state index in [1.54, 1.807) is 12.1 Å². The molecular weight excluding hydrogens is 523 g/mol. The number of anilines is 2. The quantitative estimate of drug-likeness (QED) is 0.317. The molecule has 0 aliphatic rings. The van der Waals surface area contributed by atoms with Gasteiger partial charge >= 0.3 is 11.9 Å². The number of hydrogen-bond acceptors (Lipinski definition) is 8. The van der Waals surface area contributed by atoms with Gasteiger partial charge in [0.25, 0.3) is 10.0 Å². The Labute approximate surface area is 217 Å². The van der Waals surface area contributed by atoms with Crippen LogP contribution in [-0.2, 0) is 24.3 Å². The van der Waals surface area contributed by atoms with Gasteiger partial charge in [-0.3, -0.25) is 9.10 Å². The highest BCUT2D eigenvalue weighted by atomic mass is 32.2. The zero-order valence-corrected chi connectivity index (χ0v) is 21.7. The minimum Gasteiger partial charge on any atom is -0.465 e. The normalized spacial score (nSPS) is 10.9. The van der Waals surface area contributed by atoms with Gasteiger partial charge in [-0.2, -0.15) is 0 Å². The average Bonchev–Trinajstić information content (AvgIpc) is 2.90. The first kappa shape index (κ1) is 27.7. The van der Waals surface area contributed by atoms with E-state index in [1.807, 2.05) is 6.26 Å². The topological polar surface area (TPSA) is 119 Å². The number of nitrogens with one attached hydrogen (secondary N) is 1. The van der Waals surface area contributed by atoms with Crippen molar-refractivity contribution >= 4 is 51.0 Å². The highest BCUT2D eigenvalue weighted by Gasteiger charge is 2.28. The van der Waals surface area contributed by atoms with Crippen molar-refractivity contribution in [1.29, 1.82) is 0 Å². The molecule has 37 heavy (non-hydrogen) atoms. The maximum atomic E-state index is 14.0. The van der Waals surface area contributed by atoms with E-state index in [2.05, 4.69) is 14.8 Å². The van der Waals surface area contributed by atoms with Gasteiger partial charge in [-0.05, 0) is 66.9 Å². The molecule has 0 aliphatic carbocycles. The van der Waals surface area contributed by atoms with Crippen LogP contribution in [0.3, 0.4) is 0 Å². The van der Waals surface area contributed by atoms with Crippen LogP contribution in [0.25, 0.3) is 0 Å². The number of amides is 1.